The molecule has 0 bridgehead atoms. The van der Waals surface area contributed by atoms with Crippen molar-refractivity contribution in [3.8, 4) is 0 Å². The first-order valence-corrected chi connectivity index (χ1v) is 11.6. The van der Waals surface area contributed by atoms with Crippen molar-refractivity contribution >= 4 is 29.2 Å². The molecule has 4 nitrogen and oxygen atoms in total. The van der Waals surface area contributed by atoms with Crippen molar-refractivity contribution in [3.63, 3.8) is 0 Å². The fourth-order valence-corrected chi connectivity index (χ4v) is 4.86. The molecule has 148 valence electrons. The SMILES string of the molecule is C/C=C\C.CSc1nn2c3c(c(C)nc2c1Sc1ccccc1)CN(C)CC3. The average molecular weight is 413 g/mol. The number of benzene rings is 1. The van der Waals surface area contributed by atoms with Crippen LogP contribution in [0.15, 0.2) is 57.3 Å². The van der Waals surface area contributed by atoms with Gasteiger partial charge in [-0.1, -0.05) is 42.1 Å². The summed E-state index contributed by atoms with van der Waals surface area (Å²) >= 11 is 3.45. The number of allylic oxidation sites excluding steroid dienone is 2. The van der Waals surface area contributed by atoms with Crippen molar-refractivity contribution in [1.82, 2.24) is 19.5 Å². The van der Waals surface area contributed by atoms with Crippen LogP contribution < -0.4 is 0 Å². The monoisotopic (exact) mass is 412 g/mol. The zero-order valence-corrected chi connectivity index (χ0v) is 18.9. The van der Waals surface area contributed by atoms with Crippen molar-refractivity contribution in [3.05, 3.63) is 59.4 Å². The molecule has 0 aliphatic carbocycles. The molecule has 3 aromatic rings. The van der Waals surface area contributed by atoms with Gasteiger partial charge in [0, 0.05) is 35.7 Å². The third kappa shape index (κ3) is 4.45. The number of rotatable bonds is 3. The van der Waals surface area contributed by atoms with E-state index in [1.165, 1.54) is 21.0 Å². The summed E-state index contributed by atoms with van der Waals surface area (Å²) in [4.78, 5) is 9.66. The van der Waals surface area contributed by atoms with E-state index in [1.807, 2.05) is 32.1 Å². The molecule has 1 aliphatic heterocycles. The molecule has 0 radical (unpaired) electrons. The standard InChI is InChI=1S/C18H20N4S2.C4H8/c1-12-14-11-21(2)10-9-15(14)22-17(19-12)16(18(20-22)23-3)24-13-7-5-4-6-8-13;1-3-4-2/h4-8H,9-11H2,1-3H3;3-4H,1-2H3/b;4-3-. The Morgan fingerprint density at radius 3 is 2.46 bits per heavy atom. The van der Waals surface area contributed by atoms with Gasteiger partial charge in [-0.15, -0.1) is 11.8 Å². The maximum Gasteiger partial charge on any atom is 0.170 e. The van der Waals surface area contributed by atoms with Crippen LogP contribution in [-0.2, 0) is 13.0 Å². The fraction of sp³-hybridized carbons (Fsp3) is 0.364. The quantitative estimate of drug-likeness (QED) is 0.420. The molecule has 0 spiro atoms. The number of hydrogen-bond acceptors (Lipinski definition) is 5. The lowest BCUT2D eigenvalue weighted by Crippen LogP contribution is -2.29. The Bertz CT molecular complexity index is 960. The molecule has 1 aliphatic rings. The predicted octanol–water partition coefficient (Wildman–Crippen LogP) is 5.48. The number of hydrogen-bond donors (Lipinski definition) is 0. The van der Waals surface area contributed by atoms with E-state index in [0.717, 1.165) is 35.9 Å². The van der Waals surface area contributed by atoms with E-state index >= 15 is 0 Å². The third-order valence-electron chi connectivity index (χ3n) is 4.75. The Morgan fingerprint density at radius 1 is 1.11 bits per heavy atom. The summed E-state index contributed by atoms with van der Waals surface area (Å²) in [5.74, 6) is 0. The van der Waals surface area contributed by atoms with Crippen LogP contribution in [0.5, 0.6) is 0 Å². The van der Waals surface area contributed by atoms with Crippen LogP contribution in [0.25, 0.3) is 5.65 Å². The minimum atomic E-state index is 0.958. The fourth-order valence-electron chi connectivity index (χ4n) is 3.16. The smallest absolute Gasteiger partial charge is 0.170 e. The topological polar surface area (TPSA) is 33.4 Å². The Kier molecular flexibility index (Phi) is 7.21. The van der Waals surface area contributed by atoms with Gasteiger partial charge in [0.15, 0.2) is 5.65 Å². The molecule has 0 saturated heterocycles. The van der Waals surface area contributed by atoms with Crippen molar-refractivity contribution in [2.75, 3.05) is 19.8 Å². The van der Waals surface area contributed by atoms with E-state index in [1.54, 1.807) is 23.5 Å². The van der Waals surface area contributed by atoms with Gasteiger partial charge in [0.25, 0.3) is 0 Å². The molecule has 28 heavy (non-hydrogen) atoms. The van der Waals surface area contributed by atoms with Crippen LogP contribution in [0.2, 0.25) is 0 Å². The van der Waals surface area contributed by atoms with Crippen LogP contribution in [0.3, 0.4) is 0 Å². The lowest BCUT2D eigenvalue weighted by Gasteiger charge is -2.26. The van der Waals surface area contributed by atoms with Crippen molar-refractivity contribution < 1.29 is 0 Å². The van der Waals surface area contributed by atoms with Crippen molar-refractivity contribution in [2.45, 2.75) is 48.6 Å². The summed E-state index contributed by atoms with van der Waals surface area (Å²) in [6, 6.07) is 10.5. The van der Waals surface area contributed by atoms with Gasteiger partial charge in [-0.3, -0.25) is 0 Å². The van der Waals surface area contributed by atoms with Crippen LogP contribution in [0.4, 0.5) is 0 Å². The molecule has 0 atom stereocenters. The van der Waals surface area contributed by atoms with Gasteiger partial charge in [0.05, 0.1) is 10.6 Å². The van der Waals surface area contributed by atoms with Gasteiger partial charge in [0.1, 0.15) is 5.03 Å². The van der Waals surface area contributed by atoms with E-state index in [4.69, 9.17) is 10.1 Å². The van der Waals surface area contributed by atoms with Crippen LogP contribution in [0.1, 0.15) is 30.8 Å². The van der Waals surface area contributed by atoms with Gasteiger partial charge in [-0.2, -0.15) is 5.10 Å². The second-order valence-corrected chi connectivity index (χ2v) is 8.64. The number of nitrogens with zero attached hydrogens (tertiary/aromatic N) is 4. The summed E-state index contributed by atoms with van der Waals surface area (Å²) in [7, 11) is 2.17. The highest BCUT2D eigenvalue weighted by atomic mass is 32.2. The Morgan fingerprint density at radius 2 is 1.82 bits per heavy atom. The van der Waals surface area contributed by atoms with Gasteiger partial charge >= 0.3 is 0 Å². The Labute approximate surface area is 176 Å². The Hall–Kier alpha value is -1.76. The zero-order chi connectivity index (χ0) is 20.1. The number of aryl methyl sites for hydroxylation is 1. The van der Waals surface area contributed by atoms with Crippen LogP contribution in [0, 0.1) is 6.92 Å². The maximum atomic E-state index is 4.93. The molecule has 6 heteroatoms. The summed E-state index contributed by atoms with van der Waals surface area (Å²) in [6.45, 7) is 8.15. The van der Waals surface area contributed by atoms with Gasteiger partial charge in [-0.05, 0) is 46.2 Å². The minimum Gasteiger partial charge on any atom is -0.302 e. The number of thioether (sulfide) groups is 1. The molecule has 0 fully saturated rings. The molecule has 2 aromatic heterocycles. The summed E-state index contributed by atoms with van der Waals surface area (Å²) in [5.41, 5.74) is 4.79. The van der Waals surface area contributed by atoms with Gasteiger partial charge < -0.3 is 4.90 Å². The molecule has 0 unspecified atom stereocenters. The lowest BCUT2D eigenvalue weighted by molar-refractivity contribution is 0.306. The van der Waals surface area contributed by atoms with E-state index in [-0.39, 0.29) is 0 Å². The Balaban J connectivity index is 0.000000516. The van der Waals surface area contributed by atoms with E-state index in [2.05, 4.69) is 53.9 Å². The maximum absolute atomic E-state index is 4.93. The number of fused-ring (bicyclic) bond motifs is 3. The third-order valence-corrected chi connectivity index (χ3v) is 6.64. The first kappa shape index (κ1) is 21.0. The van der Waals surface area contributed by atoms with Crippen molar-refractivity contribution in [1.29, 1.82) is 0 Å². The van der Waals surface area contributed by atoms with Crippen molar-refractivity contribution in [2.24, 2.45) is 0 Å². The summed E-state index contributed by atoms with van der Waals surface area (Å²) in [6.07, 6.45) is 7.11. The van der Waals surface area contributed by atoms with Crippen LogP contribution in [-0.4, -0.2) is 39.3 Å². The largest absolute Gasteiger partial charge is 0.302 e. The van der Waals surface area contributed by atoms with E-state index in [9.17, 15) is 0 Å². The molecular formula is C22H28N4S2. The number of likely N-dealkylation sites (N-methyl/N-ethyl adjacent to an activating group) is 1. The first-order chi connectivity index (χ1) is 13.6. The highest BCUT2D eigenvalue weighted by Gasteiger charge is 2.24. The molecule has 0 saturated carbocycles. The van der Waals surface area contributed by atoms with Crippen LogP contribution >= 0.6 is 23.5 Å². The van der Waals surface area contributed by atoms with Gasteiger partial charge in [0.2, 0.25) is 0 Å². The number of aromatic nitrogens is 3. The predicted molar refractivity (Wildman–Crippen MR) is 121 cm³/mol. The molecule has 3 heterocycles. The molecule has 4 rings (SSSR count). The highest BCUT2D eigenvalue weighted by molar-refractivity contribution is 8.02. The average Bonchev–Trinajstić information content (AvgIpc) is 3.06. The molecular weight excluding hydrogens is 384 g/mol. The van der Waals surface area contributed by atoms with E-state index in [0.29, 0.717) is 0 Å². The minimum absolute atomic E-state index is 0.958. The molecule has 0 N–H and O–H groups in total. The summed E-state index contributed by atoms with van der Waals surface area (Å²) < 4.78 is 2.09. The lowest BCUT2D eigenvalue weighted by atomic mass is 10.0. The second kappa shape index (κ2) is 9.63. The highest BCUT2D eigenvalue weighted by Crippen LogP contribution is 2.38. The van der Waals surface area contributed by atoms with Gasteiger partial charge in [-0.25, -0.2) is 9.50 Å². The van der Waals surface area contributed by atoms with E-state index < -0.39 is 0 Å². The molecule has 0 amide bonds. The second-order valence-electron chi connectivity index (χ2n) is 6.77. The molecule has 1 aromatic carbocycles. The first-order valence-electron chi connectivity index (χ1n) is 9.52. The summed E-state index contributed by atoms with van der Waals surface area (Å²) in [5, 5.41) is 5.94. The zero-order valence-electron chi connectivity index (χ0n) is 17.3. The normalized spacial score (nSPS) is 14.2.